The van der Waals surface area contributed by atoms with Gasteiger partial charge in [0.15, 0.2) is 0 Å². The number of amides is 1. The van der Waals surface area contributed by atoms with Crippen LogP contribution < -0.4 is 0 Å². The summed E-state index contributed by atoms with van der Waals surface area (Å²) in [6.45, 7) is 5.95. The first-order valence-electron chi connectivity index (χ1n) is 5.42. The molecule has 5 nitrogen and oxygen atoms in total. The summed E-state index contributed by atoms with van der Waals surface area (Å²) in [6.07, 6.45) is 1.01. The minimum absolute atomic E-state index is 0.372. The van der Waals surface area contributed by atoms with Crippen molar-refractivity contribution >= 4 is 12.1 Å². The number of nitrogens with zero attached hydrogens (tertiary/aromatic N) is 1. The van der Waals surface area contributed by atoms with Crippen LogP contribution in [0.2, 0.25) is 0 Å². The highest BCUT2D eigenvalue weighted by Gasteiger charge is 2.37. The minimum Gasteiger partial charge on any atom is -0.467 e. The second-order valence-electron chi connectivity index (χ2n) is 4.85. The smallest absolute Gasteiger partial charge is 0.411 e. The molecule has 16 heavy (non-hydrogen) atoms. The average Bonchev–Trinajstić information content (AvgIpc) is 2.62. The number of hydrogen-bond acceptors (Lipinski definition) is 4. The molecule has 0 spiro atoms. The maximum atomic E-state index is 11.8. The molecule has 0 unspecified atom stereocenters. The Hall–Kier alpha value is -1.26. The zero-order valence-electron chi connectivity index (χ0n) is 10.3. The van der Waals surface area contributed by atoms with Crippen LogP contribution >= 0.6 is 0 Å². The fraction of sp³-hybridized carbons (Fsp3) is 0.818. The molecule has 1 aliphatic rings. The Morgan fingerprint density at radius 3 is 2.44 bits per heavy atom. The van der Waals surface area contributed by atoms with Gasteiger partial charge < -0.3 is 9.47 Å². The molecule has 0 radical (unpaired) electrons. The van der Waals surface area contributed by atoms with Gasteiger partial charge in [-0.2, -0.15) is 0 Å². The van der Waals surface area contributed by atoms with E-state index < -0.39 is 17.7 Å². The van der Waals surface area contributed by atoms with Gasteiger partial charge in [-0.25, -0.2) is 9.59 Å². The Morgan fingerprint density at radius 1 is 1.31 bits per heavy atom. The minimum atomic E-state index is -0.541. The van der Waals surface area contributed by atoms with Crippen LogP contribution in [-0.4, -0.2) is 42.3 Å². The lowest BCUT2D eigenvalue weighted by atomic mass is 10.2. The van der Waals surface area contributed by atoms with Crippen molar-refractivity contribution in [1.29, 1.82) is 0 Å². The molecule has 0 aromatic heterocycles. The highest BCUT2D eigenvalue weighted by molar-refractivity contribution is 5.82. The van der Waals surface area contributed by atoms with Crippen molar-refractivity contribution in [2.45, 2.75) is 45.3 Å². The molecule has 0 aromatic carbocycles. The molecule has 0 aromatic rings. The summed E-state index contributed by atoms with van der Waals surface area (Å²) in [6, 6.07) is -0.486. The van der Waals surface area contributed by atoms with Gasteiger partial charge in [-0.05, 0) is 33.6 Å². The third-order valence-corrected chi connectivity index (χ3v) is 2.35. The number of carbonyl (C=O) groups is 2. The second kappa shape index (κ2) is 4.72. The van der Waals surface area contributed by atoms with Crippen LogP contribution in [0.5, 0.6) is 0 Å². The first-order valence-corrected chi connectivity index (χ1v) is 5.42. The van der Waals surface area contributed by atoms with Crippen molar-refractivity contribution in [3.05, 3.63) is 0 Å². The van der Waals surface area contributed by atoms with E-state index in [0.717, 1.165) is 6.42 Å². The van der Waals surface area contributed by atoms with E-state index in [0.29, 0.717) is 13.0 Å². The van der Waals surface area contributed by atoms with Crippen molar-refractivity contribution in [1.82, 2.24) is 4.90 Å². The van der Waals surface area contributed by atoms with Gasteiger partial charge in [0.05, 0.1) is 7.11 Å². The maximum Gasteiger partial charge on any atom is 0.411 e. The number of rotatable bonds is 1. The van der Waals surface area contributed by atoms with Gasteiger partial charge in [0.1, 0.15) is 11.6 Å². The fourth-order valence-corrected chi connectivity index (χ4v) is 1.69. The fourth-order valence-electron chi connectivity index (χ4n) is 1.69. The van der Waals surface area contributed by atoms with Crippen LogP contribution in [0.4, 0.5) is 4.79 Å². The summed E-state index contributed by atoms with van der Waals surface area (Å²) in [5.74, 6) is -0.372. The summed E-state index contributed by atoms with van der Waals surface area (Å²) in [4.78, 5) is 24.7. The van der Waals surface area contributed by atoms with Crippen molar-refractivity contribution in [3.63, 3.8) is 0 Å². The molecule has 5 heteroatoms. The van der Waals surface area contributed by atoms with Gasteiger partial charge in [-0.3, -0.25) is 4.90 Å². The second-order valence-corrected chi connectivity index (χ2v) is 4.85. The van der Waals surface area contributed by atoms with Gasteiger partial charge in [0.25, 0.3) is 0 Å². The zero-order valence-corrected chi connectivity index (χ0v) is 10.3. The average molecular weight is 229 g/mol. The Labute approximate surface area is 95.7 Å². The van der Waals surface area contributed by atoms with E-state index in [-0.39, 0.29) is 5.97 Å². The third-order valence-electron chi connectivity index (χ3n) is 2.35. The van der Waals surface area contributed by atoms with Crippen LogP contribution in [0.1, 0.15) is 33.6 Å². The predicted octanol–water partition coefficient (Wildman–Crippen LogP) is 1.56. The van der Waals surface area contributed by atoms with E-state index in [1.54, 1.807) is 20.8 Å². The number of hydrogen-bond donors (Lipinski definition) is 0. The van der Waals surface area contributed by atoms with Crippen LogP contribution in [0.15, 0.2) is 0 Å². The van der Waals surface area contributed by atoms with E-state index in [1.165, 1.54) is 12.0 Å². The summed E-state index contributed by atoms with van der Waals surface area (Å²) in [5, 5.41) is 0. The van der Waals surface area contributed by atoms with Gasteiger partial charge >= 0.3 is 12.1 Å². The molecule has 1 saturated heterocycles. The standard InChI is InChI=1S/C11H19NO4/c1-11(2,3)16-10(14)12-7-5-6-8(12)9(13)15-4/h8H,5-7H2,1-4H3/t8-/m0/s1. The topological polar surface area (TPSA) is 55.8 Å². The molecule has 1 rings (SSSR count). The summed E-state index contributed by atoms with van der Waals surface area (Å²) in [5.41, 5.74) is -0.541. The Kier molecular flexibility index (Phi) is 3.78. The Bertz CT molecular complexity index is 282. The number of likely N-dealkylation sites (tertiary alicyclic amines) is 1. The van der Waals surface area contributed by atoms with Crippen molar-refractivity contribution in [2.24, 2.45) is 0 Å². The predicted molar refractivity (Wildman–Crippen MR) is 58.0 cm³/mol. The molecular formula is C11H19NO4. The van der Waals surface area contributed by atoms with Gasteiger partial charge in [0, 0.05) is 6.54 Å². The lowest BCUT2D eigenvalue weighted by Gasteiger charge is -2.27. The summed E-state index contributed by atoms with van der Waals surface area (Å²) >= 11 is 0. The summed E-state index contributed by atoms with van der Waals surface area (Å²) < 4.78 is 9.88. The summed E-state index contributed by atoms with van der Waals surface area (Å²) in [7, 11) is 1.33. The van der Waals surface area contributed by atoms with Crippen LogP contribution in [0.25, 0.3) is 0 Å². The van der Waals surface area contributed by atoms with E-state index in [1.807, 2.05) is 0 Å². The van der Waals surface area contributed by atoms with E-state index in [2.05, 4.69) is 4.74 Å². The first-order chi connectivity index (χ1) is 7.35. The van der Waals surface area contributed by atoms with E-state index in [9.17, 15) is 9.59 Å². The molecular weight excluding hydrogens is 210 g/mol. The van der Waals surface area contributed by atoms with Gasteiger partial charge in [-0.1, -0.05) is 0 Å². The van der Waals surface area contributed by atoms with Gasteiger partial charge in [-0.15, -0.1) is 0 Å². The molecule has 0 saturated carbocycles. The Balaban J connectivity index is 2.65. The molecule has 0 N–H and O–H groups in total. The molecule has 1 atom stereocenters. The zero-order chi connectivity index (χ0) is 12.3. The largest absolute Gasteiger partial charge is 0.467 e. The highest BCUT2D eigenvalue weighted by Crippen LogP contribution is 2.21. The SMILES string of the molecule is COC(=O)[C@@H]1CCCN1C(=O)OC(C)(C)C. The van der Waals surface area contributed by atoms with E-state index in [4.69, 9.17) is 4.74 Å². The lowest BCUT2D eigenvalue weighted by molar-refractivity contribution is -0.145. The van der Waals surface area contributed by atoms with Gasteiger partial charge in [0.2, 0.25) is 0 Å². The molecule has 1 heterocycles. The van der Waals surface area contributed by atoms with Crippen molar-refractivity contribution < 1.29 is 19.1 Å². The number of ether oxygens (including phenoxy) is 2. The molecule has 92 valence electrons. The number of esters is 1. The normalized spacial score (nSPS) is 20.8. The van der Waals surface area contributed by atoms with Crippen LogP contribution in [0.3, 0.4) is 0 Å². The van der Waals surface area contributed by atoms with Crippen LogP contribution in [-0.2, 0) is 14.3 Å². The molecule has 1 amide bonds. The monoisotopic (exact) mass is 229 g/mol. The maximum absolute atomic E-state index is 11.8. The van der Waals surface area contributed by atoms with Crippen LogP contribution in [0, 0.1) is 0 Å². The molecule has 1 fully saturated rings. The molecule has 0 bridgehead atoms. The quantitative estimate of drug-likeness (QED) is 0.640. The Morgan fingerprint density at radius 2 is 1.94 bits per heavy atom. The first kappa shape index (κ1) is 12.8. The third kappa shape index (κ3) is 3.12. The van der Waals surface area contributed by atoms with Crippen molar-refractivity contribution in [3.8, 4) is 0 Å². The number of methoxy groups -OCH3 is 1. The molecule has 1 aliphatic heterocycles. The molecule has 0 aliphatic carbocycles. The van der Waals surface area contributed by atoms with E-state index >= 15 is 0 Å². The lowest BCUT2D eigenvalue weighted by Crippen LogP contribution is -2.43. The number of carbonyl (C=O) groups excluding carboxylic acids is 2. The van der Waals surface area contributed by atoms with Crippen molar-refractivity contribution in [2.75, 3.05) is 13.7 Å². The highest BCUT2D eigenvalue weighted by atomic mass is 16.6.